The first-order chi connectivity index (χ1) is 13.2. The van der Waals surface area contributed by atoms with Crippen molar-refractivity contribution in [2.45, 2.75) is 26.5 Å². The van der Waals surface area contributed by atoms with Crippen LogP contribution in [0, 0.1) is 0 Å². The fourth-order valence-electron chi connectivity index (χ4n) is 2.61. The molecule has 0 spiro atoms. The average Bonchev–Trinajstić information content (AvgIpc) is 2.71. The molecule has 2 N–H and O–H groups in total. The van der Waals surface area contributed by atoms with Crippen LogP contribution in [0.1, 0.15) is 23.6 Å². The van der Waals surface area contributed by atoms with E-state index in [2.05, 4.69) is 10.6 Å². The van der Waals surface area contributed by atoms with Gasteiger partial charge in [0.2, 0.25) is 0 Å². The summed E-state index contributed by atoms with van der Waals surface area (Å²) in [5.74, 6) is 1.55. The van der Waals surface area contributed by atoms with Crippen molar-refractivity contribution in [2.75, 3.05) is 27.4 Å². The van der Waals surface area contributed by atoms with Gasteiger partial charge in [-0.1, -0.05) is 24.3 Å². The normalized spacial score (nSPS) is 10.3. The monoisotopic (exact) mass is 372 g/mol. The molecule has 2 aromatic rings. The van der Waals surface area contributed by atoms with Gasteiger partial charge < -0.3 is 24.8 Å². The molecule has 6 nitrogen and oxygen atoms in total. The Bertz CT molecular complexity index is 717. The predicted octanol–water partition coefficient (Wildman–Crippen LogP) is 3.28. The number of carbonyl (C=O) groups excluding carboxylic acids is 1. The average molecular weight is 372 g/mol. The second-order valence-electron chi connectivity index (χ2n) is 5.99. The van der Waals surface area contributed by atoms with E-state index in [1.54, 1.807) is 14.2 Å². The summed E-state index contributed by atoms with van der Waals surface area (Å²) in [5, 5.41) is 5.72. The summed E-state index contributed by atoms with van der Waals surface area (Å²) >= 11 is 0. The van der Waals surface area contributed by atoms with Crippen LogP contribution in [-0.2, 0) is 24.3 Å². The largest absolute Gasteiger partial charge is 0.497 e. The van der Waals surface area contributed by atoms with Crippen molar-refractivity contribution < 1.29 is 19.0 Å². The first-order valence-corrected chi connectivity index (χ1v) is 9.04. The molecule has 0 aliphatic heterocycles. The van der Waals surface area contributed by atoms with E-state index in [1.807, 2.05) is 49.4 Å². The Labute approximate surface area is 160 Å². The second kappa shape index (κ2) is 11.1. The summed E-state index contributed by atoms with van der Waals surface area (Å²) in [5.41, 5.74) is 3.15. The molecule has 0 fully saturated rings. The lowest BCUT2D eigenvalue weighted by Crippen LogP contribution is -2.36. The van der Waals surface area contributed by atoms with E-state index in [4.69, 9.17) is 14.2 Å². The maximum atomic E-state index is 12.0. The Morgan fingerprint density at radius 3 is 2.37 bits per heavy atom. The number of amides is 2. The van der Waals surface area contributed by atoms with Gasteiger partial charge in [-0.3, -0.25) is 0 Å². The van der Waals surface area contributed by atoms with Crippen LogP contribution in [-0.4, -0.2) is 33.4 Å². The third-order valence-corrected chi connectivity index (χ3v) is 4.12. The summed E-state index contributed by atoms with van der Waals surface area (Å²) in [7, 11) is 3.26. The van der Waals surface area contributed by atoms with Gasteiger partial charge in [-0.2, -0.15) is 0 Å². The molecular formula is C21H28N2O4. The molecule has 0 aromatic heterocycles. The molecule has 0 aliphatic carbocycles. The van der Waals surface area contributed by atoms with Crippen molar-refractivity contribution in [3.05, 3.63) is 59.2 Å². The third-order valence-electron chi connectivity index (χ3n) is 4.12. The second-order valence-corrected chi connectivity index (χ2v) is 5.99. The molecule has 2 amide bonds. The van der Waals surface area contributed by atoms with Crippen LogP contribution < -0.4 is 20.1 Å². The topological polar surface area (TPSA) is 68.8 Å². The highest BCUT2D eigenvalue weighted by Crippen LogP contribution is 2.24. The van der Waals surface area contributed by atoms with E-state index in [0.29, 0.717) is 32.7 Å². The molecule has 6 heteroatoms. The van der Waals surface area contributed by atoms with Crippen molar-refractivity contribution in [1.82, 2.24) is 10.6 Å². The molecule has 146 valence electrons. The molecule has 27 heavy (non-hydrogen) atoms. The van der Waals surface area contributed by atoms with Gasteiger partial charge in [0.25, 0.3) is 0 Å². The molecule has 0 aliphatic rings. The van der Waals surface area contributed by atoms with Gasteiger partial charge in [-0.25, -0.2) is 4.79 Å². The van der Waals surface area contributed by atoms with Crippen LogP contribution in [0.15, 0.2) is 42.5 Å². The number of carbonyl (C=O) groups is 1. The summed E-state index contributed by atoms with van der Waals surface area (Å²) in [6, 6.07) is 13.5. The molecule has 0 saturated carbocycles. The molecule has 2 aromatic carbocycles. The van der Waals surface area contributed by atoms with Crippen LogP contribution in [0.4, 0.5) is 4.79 Å². The number of urea groups is 1. The fraction of sp³-hybridized carbons (Fsp3) is 0.381. The zero-order chi connectivity index (χ0) is 19.5. The molecule has 0 atom stereocenters. The van der Waals surface area contributed by atoms with Crippen LogP contribution in [0.3, 0.4) is 0 Å². The number of benzene rings is 2. The van der Waals surface area contributed by atoms with Gasteiger partial charge in [0.1, 0.15) is 11.5 Å². The van der Waals surface area contributed by atoms with Crippen molar-refractivity contribution >= 4 is 6.03 Å². The highest BCUT2D eigenvalue weighted by Gasteiger charge is 2.06. The van der Waals surface area contributed by atoms with Gasteiger partial charge in [0, 0.05) is 19.7 Å². The molecule has 2 rings (SSSR count). The number of rotatable bonds is 10. The first-order valence-electron chi connectivity index (χ1n) is 9.04. The minimum Gasteiger partial charge on any atom is -0.497 e. The van der Waals surface area contributed by atoms with E-state index >= 15 is 0 Å². The predicted molar refractivity (Wildman–Crippen MR) is 105 cm³/mol. The lowest BCUT2D eigenvalue weighted by Gasteiger charge is -2.12. The maximum absolute atomic E-state index is 12.0. The Kier molecular flexibility index (Phi) is 8.45. The Hall–Kier alpha value is -2.73. The number of methoxy groups -OCH3 is 2. The summed E-state index contributed by atoms with van der Waals surface area (Å²) < 4.78 is 16.0. The van der Waals surface area contributed by atoms with Crippen LogP contribution in [0.5, 0.6) is 11.5 Å². The van der Waals surface area contributed by atoms with Gasteiger partial charge in [0.05, 0.1) is 20.8 Å². The Balaban J connectivity index is 1.75. The lowest BCUT2D eigenvalue weighted by molar-refractivity contribution is 0.134. The molecule has 0 bridgehead atoms. The quantitative estimate of drug-likeness (QED) is 0.672. The van der Waals surface area contributed by atoms with Crippen LogP contribution in [0.25, 0.3) is 0 Å². The van der Waals surface area contributed by atoms with Crippen molar-refractivity contribution in [2.24, 2.45) is 0 Å². The van der Waals surface area contributed by atoms with E-state index in [-0.39, 0.29) is 6.03 Å². The van der Waals surface area contributed by atoms with E-state index in [1.165, 1.54) is 0 Å². The van der Waals surface area contributed by atoms with E-state index < -0.39 is 0 Å². The van der Waals surface area contributed by atoms with Crippen molar-refractivity contribution in [3.8, 4) is 11.5 Å². The maximum Gasteiger partial charge on any atom is 0.315 e. The minimum absolute atomic E-state index is 0.199. The fourth-order valence-corrected chi connectivity index (χ4v) is 2.61. The van der Waals surface area contributed by atoms with E-state index in [9.17, 15) is 4.79 Å². The Morgan fingerprint density at radius 1 is 0.963 bits per heavy atom. The van der Waals surface area contributed by atoms with E-state index in [0.717, 1.165) is 28.2 Å². The first kappa shape index (κ1) is 20.6. The number of hydrogen-bond donors (Lipinski definition) is 2. The SMILES string of the molecule is CCOCc1ccc(CNC(=O)NCCc2cc(OC)ccc2OC)cc1. The summed E-state index contributed by atoms with van der Waals surface area (Å²) in [6.07, 6.45) is 0.653. The van der Waals surface area contributed by atoms with Crippen molar-refractivity contribution in [3.63, 3.8) is 0 Å². The highest BCUT2D eigenvalue weighted by molar-refractivity contribution is 5.73. The van der Waals surface area contributed by atoms with Gasteiger partial charge in [0.15, 0.2) is 0 Å². The molecule has 0 heterocycles. The van der Waals surface area contributed by atoms with Crippen LogP contribution in [0.2, 0.25) is 0 Å². The third kappa shape index (κ3) is 6.83. The number of ether oxygens (including phenoxy) is 3. The van der Waals surface area contributed by atoms with Crippen molar-refractivity contribution in [1.29, 1.82) is 0 Å². The van der Waals surface area contributed by atoms with Gasteiger partial charge >= 0.3 is 6.03 Å². The standard InChI is InChI=1S/C21H28N2O4/c1-4-27-15-17-7-5-16(6-8-17)14-23-21(24)22-12-11-18-13-19(25-2)9-10-20(18)26-3/h5-10,13H,4,11-12,14-15H2,1-3H3,(H2,22,23,24). The molecule has 0 unspecified atom stereocenters. The lowest BCUT2D eigenvalue weighted by atomic mass is 10.1. The highest BCUT2D eigenvalue weighted by atomic mass is 16.5. The molecule has 0 saturated heterocycles. The molecule has 0 radical (unpaired) electrons. The van der Waals surface area contributed by atoms with Gasteiger partial charge in [-0.05, 0) is 48.2 Å². The van der Waals surface area contributed by atoms with Gasteiger partial charge in [-0.15, -0.1) is 0 Å². The zero-order valence-corrected chi connectivity index (χ0v) is 16.2. The Morgan fingerprint density at radius 2 is 1.70 bits per heavy atom. The number of nitrogens with one attached hydrogen (secondary N) is 2. The number of hydrogen-bond acceptors (Lipinski definition) is 4. The zero-order valence-electron chi connectivity index (χ0n) is 16.2. The minimum atomic E-state index is -0.199. The van der Waals surface area contributed by atoms with Crippen LogP contribution >= 0.6 is 0 Å². The summed E-state index contributed by atoms with van der Waals surface area (Å²) in [4.78, 5) is 12.0. The summed E-state index contributed by atoms with van der Waals surface area (Å²) in [6.45, 7) is 4.26. The molecular weight excluding hydrogens is 344 g/mol. The smallest absolute Gasteiger partial charge is 0.315 e.